The Balaban J connectivity index is 4.70. The maximum atomic E-state index is 11.7. The van der Waals surface area contributed by atoms with Crippen molar-refractivity contribution in [1.82, 2.24) is 0 Å². The molecule has 0 aliphatic heterocycles. The van der Waals surface area contributed by atoms with Crippen LogP contribution in [0.4, 0.5) is 0 Å². The van der Waals surface area contributed by atoms with Crippen molar-refractivity contribution in [3.05, 3.63) is 0 Å². The number of ether oxygens (including phenoxy) is 1. The summed E-state index contributed by atoms with van der Waals surface area (Å²) >= 11 is 0. The molecular weight excluding hydrogens is 242 g/mol. The fourth-order valence-electron chi connectivity index (χ4n) is 1.28. The highest BCUT2D eigenvalue weighted by atomic mass is 16.6. The highest BCUT2D eigenvalue weighted by molar-refractivity contribution is 5.95. The Bertz CT molecular complexity index is 333. The molecule has 0 aromatic carbocycles. The lowest BCUT2D eigenvalue weighted by molar-refractivity contribution is -0.168. The lowest BCUT2D eigenvalue weighted by atomic mass is 9.96. The van der Waals surface area contributed by atoms with Crippen LogP contribution in [0, 0.1) is 5.92 Å². The number of esters is 1. The van der Waals surface area contributed by atoms with Crippen LogP contribution >= 0.6 is 0 Å². The third-order valence-electron chi connectivity index (χ3n) is 2.05. The average molecular weight is 261 g/mol. The lowest BCUT2D eigenvalue weighted by Gasteiger charge is -2.24. The maximum absolute atomic E-state index is 11.7. The first-order valence-electron chi connectivity index (χ1n) is 5.47. The highest BCUT2D eigenvalue weighted by Gasteiger charge is 2.36. The first-order valence-corrected chi connectivity index (χ1v) is 5.47. The summed E-state index contributed by atoms with van der Waals surface area (Å²) in [5.74, 6) is -5.02. The smallest absolute Gasteiger partial charge is 0.322 e. The molecule has 0 bridgehead atoms. The number of carboxylic acid groups (broad SMARTS) is 2. The summed E-state index contributed by atoms with van der Waals surface area (Å²) in [4.78, 5) is 33.0. The number of hydrogen-bond acceptors (Lipinski definition) is 5. The molecule has 7 nitrogen and oxygen atoms in total. The van der Waals surface area contributed by atoms with Gasteiger partial charge < -0.3 is 20.7 Å². The van der Waals surface area contributed by atoms with Gasteiger partial charge in [0.2, 0.25) is 0 Å². The van der Waals surface area contributed by atoms with Gasteiger partial charge >= 0.3 is 17.9 Å². The van der Waals surface area contributed by atoms with Gasteiger partial charge in [0.25, 0.3) is 0 Å². The van der Waals surface area contributed by atoms with Crippen molar-refractivity contribution in [2.24, 2.45) is 11.7 Å². The summed E-state index contributed by atoms with van der Waals surface area (Å²) in [5, 5.41) is 17.4. The Morgan fingerprint density at radius 2 is 1.72 bits per heavy atom. The zero-order valence-electron chi connectivity index (χ0n) is 10.7. The number of carbonyl (C=O) groups excluding carboxylic acids is 1. The molecule has 0 heterocycles. The summed E-state index contributed by atoms with van der Waals surface area (Å²) in [6.07, 6.45) is -0.403. The van der Waals surface area contributed by atoms with Gasteiger partial charge in [0, 0.05) is 12.5 Å². The predicted octanol–water partition coefficient (Wildman–Crippen LogP) is 0.221. The third kappa shape index (κ3) is 6.19. The van der Waals surface area contributed by atoms with Crippen LogP contribution in [0.2, 0.25) is 0 Å². The first-order chi connectivity index (χ1) is 8.04. The fraction of sp³-hybridized carbons (Fsp3) is 0.727. The van der Waals surface area contributed by atoms with E-state index in [0.717, 1.165) is 0 Å². The molecule has 0 saturated heterocycles. The van der Waals surface area contributed by atoms with Crippen molar-refractivity contribution < 1.29 is 29.3 Å². The van der Waals surface area contributed by atoms with E-state index in [2.05, 4.69) is 0 Å². The minimum Gasteiger partial charge on any atom is -0.481 e. The number of aliphatic carboxylic acids is 2. The van der Waals surface area contributed by atoms with Gasteiger partial charge in [-0.1, -0.05) is 0 Å². The Kier molecular flexibility index (Phi) is 5.77. The van der Waals surface area contributed by atoms with E-state index in [1.807, 2.05) is 0 Å². The number of hydrogen-bond donors (Lipinski definition) is 3. The minimum atomic E-state index is -1.55. The molecular formula is C11H19NO6. The second-order valence-corrected chi connectivity index (χ2v) is 4.95. The SMILES string of the molecule is CC(C)(C)OC(=O)C(C(=O)O)C(N)CCC(=O)O. The fourth-order valence-corrected chi connectivity index (χ4v) is 1.28. The molecule has 18 heavy (non-hydrogen) atoms. The van der Waals surface area contributed by atoms with E-state index in [4.69, 9.17) is 20.7 Å². The summed E-state index contributed by atoms with van der Waals surface area (Å²) < 4.78 is 4.94. The highest BCUT2D eigenvalue weighted by Crippen LogP contribution is 2.16. The van der Waals surface area contributed by atoms with Gasteiger partial charge in [-0.2, -0.15) is 0 Å². The van der Waals surface area contributed by atoms with E-state index >= 15 is 0 Å². The molecule has 7 heteroatoms. The van der Waals surface area contributed by atoms with Crippen molar-refractivity contribution in [2.45, 2.75) is 45.3 Å². The molecule has 0 saturated carbocycles. The van der Waals surface area contributed by atoms with Gasteiger partial charge in [-0.15, -0.1) is 0 Å². The van der Waals surface area contributed by atoms with Gasteiger partial charge in [0.15, 0.2) is 5.92 Å². The Morgan fingerprint density at radius 3 is 2.06 bits per heavy atom. The quantitative estimate of drug-likeness (QED) is 0.461. The molecule has 0 aromatic heterocycles. The van der Waals surface area contributed by atoms with Gasteiger partial charge in [-0.05, 0) is 27.2 Å². The van der Waals surface area contributed by atoms with Crippen molar-refractivity contribution in [3.63, 3.8) is 0 Å². The Morgan fingerprint density at radius 1 is 1.22 bits per heavy atom. The number of rotatable bonds is 6. The Hall–Kier alpha value is -1.63. The van der Waals surface area contributed by atoms with Crippen LogP contribution in [-0.2, 0) is 19.1 Å². The van der Waals surface area contributed by atoms with Crippen LogP contribution in [0.25, 0.3) is 0 Å². The molecule has 0 aliphatic rings. The van der Waals surface area contributed by atoms with Crippen LogP contribution in [-0.4, -0.2) is 39.8 Å². The van der Waals surface area contributed by atoms with Crippen molar-refractivity contribution in [2.75, 3.05) is 0 Å². The topological polar surface area (TPSA) is 127 Å². The minimum absolute atomic E-state index is 0.106. The van der Waals surface area contributed by atoms with E-state index in [-0.39, 0.29) is 12.8 Å². The molecule has 0 rings (SSSR count). The average Bonchev–Trinajstić information content (AvgIpc) is 2.10. The van der Waals surface area contributed by atoms with E-state index in [1.165, 1.54) is 0 Å². The maximum Gasteiger partial charge on any atom is 0.322 e. The van der Waals surface area contributed by atoms with Crippen LogP contribution in [0.3, 0.4) is 0 Å². The van der Waals surface area contributed by atoms with Gasteiger partial charge in [-0.25, -0.2) is 0 Å². The lowest BCUT2D eigenvalue weighted by Crippen LogP contribution is -2.44. The summed E-state index contributed by atoms with van der Waals surface area (Å²) in [5.41, 5.74) is 4.72. The van der Waals surface area contributed by atoms with Gasteiger partial charge in [-0.3, -0.25) is 14.4 Å². The van der Waals surface area contributed by atoms with Crippen LogP contribution in [0.15, 0.2) is 0 Å². The van der Waals surface area contributed by atoms with Crippen molar-refractivity contribution in [1.29, 1.82) is 0 Å². The zero-order valence-corrected chi connectivity index (χ0v) is 10.7. The molecule has 2 unspecified atom stereocenters. The largest absolute Gasteiger partial charge is 0.481 e. The second kappa shape index (κ2) is 6.34. The monoisotopic (exact) mass is 261 g/mol. The van der Waals surface area contributed by atoms with Crippen molar-refractivity contribution >= 4 is 17.9 Å². The molecule has 0 fully saturated rings. The molecule has 0 radical (unpaired) electrons. The standard InChI is InChI=1S/C11H19NO6/c1-11(2,3)18-10(17)8(9(15)16)6(12)4-5-7(13)14/h6,8H,4-5,12H2,1-3H3,(H,13,14)(H,15,16). The van der Waals surface area contributed by atoms with Gasteiger partial charge in [0.1, 0.15) is 5.60 Å². The molecule has 4 N–H and O–H groups in total. The van der Waals surface area contributed by atoms with Gasteiger partial charge in [0.05, 0.1) is 0 Å². The zero-order chi connectivity index (χ0) is 14.5. The number of carboxylic acids is 2. The summed E-state index contributed by atoms with van der Waals surface area (Å²) in [6, 6.07) is -1.09. The predicted molar refractivity (Wildman–Crippen MR) is 61.8 cm³/mol. The second-order valence-electron chi connectivity index (χ2n) is 4.95. The van der Waals surface area contributed by atoms with Crippen LogP contribution < -0.4 is 5.73 Å². The molecule has 104 valence electrons. The number of carbonyl (C=O) groups is 3. The number of nitrogens with two attached hydrogens (primary N) is 1. The van der Waals surface area contributed by atoms with Crippen molar-refractivity contribution in [3.8, 4) is 0 Å². The van der Waals surface area contributed by atoms with E-state index in [1.54, 1.807) is 20.8 Å². The van der Waals surface area contributed by atoms with Crippen LogP contribution in [0.5, 0.6) is 0 Å². The van der Waals surface area contributed by atoms with Crippen LogP contribution in [0.1, 0.15) is 33.6 Å². The normalized spacial score (nSPS) is 14.7. The third-order valence-corrected chi connectivity index (χ3v) is 2.05. The van der Waals surface area contributed by atoms with E-state index in [0.29, 0.717) is 0 Å². The molecule has 0 aromatic rings. The molecule has 0 amide bonds. The first kappa shape index (κ1) is 16.4. The summed E-state index contributed by atoms with van der Waals surface area (Å²) in [7, 11) is 0. The van der Waals surface area contributed by atoms with E-state index in [9.17, 15) is 14.4 Å². The Labute approximate surface area is 105 Å². The molecule has 2 atom stereocenters. The molecule has 0 spiro atoms. The molecule has 0 aliphatic carbocycles. The van der Waals surface area contributed by atoms with E-state index < -0.39 is 35.5 Å². The summed E-state index contributed by atoms with van der Waals surface area (Å²) in [6.45, 7) is 4.81.